The predicted octanol–water partition coefficient (Wildman–Crippen LogP) is 5.86. The quantitative estimate of drug-likeness (QED) is 0.316. The van der Waals surface area contributed by atoms with Gasteiger partial charge >= 0.3 is 5.97 Å². The summed E-state index contributed by atoms with van der Waals surface area (Å²) in [5, 5.41) is 0. The number of benzene rings is 3. The van der Waals surface area contributed by atoms with Gasteiger partial charge in [0.25, 0.3) is 0 Å². The number of fused-ring (bicyclic) bond motifs is 2. The maximum absolute atomic E-state index is 14.1. The molecule has 0 bridgehead atoms. The monoisotopic (exact) mass is 472 g/mol. The number of nitrogens with zero attached hydrogens (tertiary/aromatic N) is 2. The first-order valence-electron chi connectivity index (χ1n) is 12.1. The van der Waals surface area contributed by atoms with Gasteiger partial charge in [-0.15, -0.1) is 0 Å². The Labute approximate surface area is 204 Å². The van der Waals surface area contributed by atoms with Crippen LogP contribution in [0.2, 0.25) is 0 Å². The Hall–Kier alpha value is -3.67. The van der Waals surface area contributed by atoms with Gasteiger partial charge in [-0.1, -0.05) is 31.2 Å². The molecule has 0 N–H and O–H groups in total. The van der Waals surface area contributed by atoms with Gasteiger partial charge in [-0.05, 0) is 60.7 Å². The fourth-order valence-electron chi connectivity index (χ4n) is 5.00. The van der Waals surface area contributed by atoms with E-state index in [9.17, 15) is 9.18 Å². The Bertz CT molecular complexity index is 1410. The van der Waals surface area contributed by atoms with Crippen molar-refractivity contribution in [1.29, 1.82) is 0 Å². The zero-order chi connectivity index (χ0) is 24.5. The van der Waals surface area contributed by atoms with E-state index < -0.39 is 0 Å². The highest BCUT2D eigenvalue weighted by molar-refractivity contribution is 5.79. The van der Waals surface area contributed by atoms with E-state index in [4.69, 9.17) is 14.5 Å². The number of imidazole rings is 1. The summed E-state index contributed by atoms with van der Waals surface area (Å²) in [6.07, 6.45) is 2.82. The molecule has 0 amide bonds. The number of carbonyl (C=O) groups is 1. The molecule has 5 nitrogen and oxygen atoms in total. The fourth-order valence-corrected chi connectivity index (χ4v) is 5.00. The Morgan fingerprint density at radius 3 is 2.83 bits per heavy atom. The van der Waals surface area contributed by atoms with Crippen LogP contribution in [0.4, 0.5) is 4.39 Å². The van der Waals surface area contributed by atoms with Crippen LogP contribution in [-0.2, 0) is 28.8 Å². The lowest BCUT2D eigenvalue weighted by atomic mass is 9.94. The third kappa shape index (κ3) is 4.41. The van der Waals surface area contributed by atoms with E-state index in [-0.39, 0.29) is 17.7 Å². The number of carbonyl (C=O) groups excluding carboxylic acids is 1. The second-order valence-corrected chi connectivity index (χ2v) is 9.07. The van der Waals surface area contributed by atoms with Gasteiger partial charge in [-0.3, -0.25) is 9.36 Å². The SMILES string of the molecule is CCc1nc2ccc(F)cc2n1-c1cccc(CCc2ccc3c(c2)OC[C@H]3CC(=O)OC)c1C. The summed E-state index contributed by atoms with van der Waals surface area (Å²) in [6.45, 7) is 4.70. The van der Waals surface area contributed by atoms with E-state index in [0.717, 1.165) is 53.1 Å². The minimum atomic E-state index is -0.261. The number of halogens is 1. The average molecular weight is 473 g/mol. The Kier molecular flexibility index (Phi) is 6.29. The molecule has 0 unspecified atom stereocenters. The molecule has 0 saturated carbocycles. The summed E-state index contributed by atoms with van der Waals surface area (Å²) in [5.74, 6) is 1.35. The van der Waals surface area contributed by atoms with Crippen LogP contribution in [0.25, 0.3) is 16.7 Å². The highest BCUT2D eigenvalue weighted by Gasteiger charge is 2.27. The van der Waals surface area contributed by atoms with Crippen LogP contribution in [0.1, 0.15) is 47.3 Å². The van der Waals surface area contributed by atoms with E-state index in [0.29, 0.717) is 13.0 Å². The van der Waals surface area contributed by atoms with E-state index in [1.165, 1.54) is 29.9 Å². The molecule has 0 fully saturated rings. The molecule has 0 spiro atoms. The number of aryl methyl sites for hydroxylation is 3. The second-order valence-electron chi connectivity index (χ2n) is 9.07. The first-order chi connectivity index (χ1) is 17.0. The van der Waals surface area contributed by atoms with Crippen LogP contribution in [-0.4, -0.2) is 29.2 Å². The molecule has 6 heteroatoms. The number of ether oxygens (including phenoxy) is 2. The number of rotatable bonds is 7. The van der Waals surface area contributed by atoms with Crippen molar-refractivity contribution in [2.45, 2.75) is 45.4 Å². The van der Waals surface area contributed by atoms with E-state index >= 15 is 0 Å². The summed E-state index contributed by atoms with van der Waals surface area (Å²) in [7, 11) is 1.41. The van der Waals surface area contributed by atoms with Crippen molar-refractivity contribution in [3.8, 4) is 11.4 Å². The van der Waals surface area contributed by atoms with E-state index in [2.05, 4.69) is 54.8 Å². The standard InChI is InChI=1S/C29H29FN2O3/c1-4-28-31-24-13-11-22(30)16-26(24)32(28)25-7-5-6-20(18(25)2)10-8-19-9-12-23-21(15-29(33)34-3)17-35-27(23)14-19/h5-7,9,11-14,16,21H,4,8,10,15,17H2,1-3H3/t21-/m1/s1. The second kappa shape index (κ2) is 9.53. The van der Waals surface area contributed by atoms with E-state index in [1.807, 2.05) is 0 Å². The number of methoxy groups -OCH3 is 1. The number of esters is 1. The maximum atomic E-state index is 14.1. The van der Waals surface area contributed by atoms with Gasteiger partial charge in [-0.2, -0.15) is 0 Å². The van der Waals surface area contributed by atoms with Gasteiger partial charge in [0, 0.05) is 24.0 Å². The van der Waals surface area contributed by atoms with Crippen molar-refractivity contribution in [2.24, 2.45) is 0 Å². The van der Waals surface area contributed by atoms with Gasteiger partial charge < -0.3 is 9.47 Å². The molecule has 0 saturated heterocycles. The summed E-state index contributed by atoms with van der Waals surface area (Å²) < 4.78 is 26.8. The van der Waals surface area contributed by atoms with Crippen molar-refractivity contribution in [3.63, 3.8) is 0 Å². The zero-order valence-corrected chi connectivity index (χ0v) is 20.3. The van der Waals surface area contributed by atoms with Crippen molar-refractivity contribution in [3.05, 3.63) is 88.5 Å². The Balaban J connectivity index is 1.39. The first kappa shape index (κ1) is 23.1. The molecule has 0 radical (unpaired) electrons. The summed E-state index contributed by atoms with van der Waals surface area (Å²) in [6, 6.07) is 17.3. The third-order valence-corrected chi connectivity index (χ3v) is 6.94. The first-order valence-corrected chi connectivity index (χ1v) is 12.1. The molecule has 4 aromatic rings. The van der Waals surface area contributed by atoms with E-state index in [1.54, 1.807) is 12.1 Å². The fraction of sp³-hybridized carbons (Fsp3) is 0.310. The average Bonchev–Trinajstić information content (AvgIpc) is 3.43. The van der Waals surface area contributed by atoms with Gasteiger partial charge in [0.15, 0.2) is 0 Å². The molecule has 1 aromatic heterocycles. The molecule has 5 rings (SSSR count). The van der Waals surface area contributed by atoms with Crippen LogP contribution in [0.15, 0.2) is 54.6 Å². The molecule has 1 aliphatic rings. The van der Waals surface area contributed by atoms with Gasteiger partial charge in [0.1, 0.15) is 17.4 Å². The van der Waals surface area contributed by atoms with Crippen LogP contribution < -0.4 is 4.74 Å². The summed E-state index contributed by atoms with van der Waals surface area (Å²) >= 11 is 0. The third-order valence-electron chi connectivity index (χ3n) is 6.94. The molecule has 1 atom stereocenters. The number of hydrogen-bond acceptors (Lipinski definition) is 4. The minimum Gasteiger partial charge on any atom is -0.493 e. The molecular formula is C29H29FN2O3. The maximum Gasteiger partial charge on any atom is 0.306 e. The Morgan fingerprint density at radius 1 is 1.17 bits per heavy atom. The molecule has 35 heavy (non-hydrogen) atoms. The largest absolute Gasteiger partial charge is 0.493 e. The smallest absolute Gasteiger partial charge is 0.306 e. The van der Waals surface area contributed by atoms with Gasteiger partial charge in [-0.25, -0.2) is 9.37 Å². The highest BCUT2D eigenvalue weighted by atomic mass is 19.1. The van der Waals surface area contributed by atoms with Crippen molar-refractivity contribution in [1.82, 2.24) is 9.55 Å². The lowest BCUT2D eigenvalue weighted by molar-refractivity contribution is -0.141. The summed E-state index contributed by atoms with van der Waals surface area (Å²) in [5.41, 5.74) is 7.31. The summed E-state index contributed by atoms with van der Waals surface area (Å²) in [4.78, 5) is 16.4. The predicted molar refractivity (Wildman–Crippen MR) is 134 cm³/mol. The minimum absolute atomic E-state index is 0.0491. The number of aromatic nitrogens is 2. The van der Waals surface area contributed by atoms with Crippen molar-refractivity contribution < 1.29 is 18.7 Å². The Morgan fingerprint density at radius 2 is 2.03 bits per heavy atom. The molecular weight excluding hydrogens is 443 g/mol. The molecule has 1 aliphatic heterocycles. The molecule has 180 valence electrons. The van der Waals surface area contributed by atoms with Crippen LogP contribution in [0, 0.1) is 12.7 Å². The van der Waals surface area contributed by atoms with Gasteiger partial charge in [0.05, 0.1) is 36.9 Å². The van der Waals surface area contributed by atoms with Crippen molar-refractivity contribution in [2.75, 3.05) is 13.7 Å². The highest BCUT2D eigenvalue weighted by Crippen LogP contribution is 2.37. The lowest BCUT2D eigenvalue weighted by Gasteiger charge is -2.15. The molecule has 0 aliphatic carbocycles. The lowest BCUT2D eigenvalue weighted by Crippen LogP contribution is -2.09. The topological polar surface area (TPSA) is 53.4 Å². The molecule has 3 aromatic carbocycles. The van der Waals surface area contributed by atoms with Crippen LogP contribution >= 0.6 is 0 Å². The zero-order valence-electron chi connectivity index (χ0n) is 20.3. The molecule has 2 heterocycles. The van der Waals surface area contributed by atoms with Gasteiger partial charge in [0.2, 0.25) is 0 Å². The van der Waals surface area contributed by atoms with Crippen LogP contribution in [0.3, 0.4) is 0 Å². The van der Waals surface area contributed by atoms with Crippen molar-refractivity contribution >= 4 is 17.0 Å². The number of hydrogen-bond donors (Lipinski definition) is 0. The normalized spacial score (nSPS) is 14.7. The van der Waals surface area contributed by atoms with Crippen LogP contribution in [0.5, 0.6) is 5.75 Å².